The van der Waals surface area contributed by atoms with Gasteiger partial charge in [-0.25, -0.2) is 0 Å². The quantitative estimate of drug-likeness (QED) is 0.154. The number of fused-ring (bicyclic) bond motifs is 13. The van der Waals surface area contributed by atoms with Crippen molar-refractivity contribution in [2.45, 2.75) is 95.3 Å². The Labute approximate surface area is 485 Å². The summed E-state index contributed by atoms with van der Waals surface area (Å²) in [4.78, 5) is 2.59. The minimum atomic E-state index is -0.598. The summed E-state index contributed by atoms with van der Waals surface area (Å²) < 4.78 is 0. The molecular formula is C81H69N. The van der Waals surface area contributed by atoms with Gasteiger partial charge in [-0.15, -0.1) is 0 Å². The van der Waals surface area contributed by atoms with Crippen molar-refractivity contribution in [2.75, 3.05) is 4.90 Å². The Hall–Kier alpha value is -8.78. The van der Waals surface area contributed by atoms with Crippen molar-refractivity contribution >= 4 is 17.1 Å². The highest BCUT2D eigenvalue weighted by atomic mass is 15.1. The van der Waals surface area contributed by atoms with E-state index in [1.807, 2.05) is 0 Å². The molecule has 0 aliphatic heterocycles. The summed E-state index contributed by atoms with van der Waals surface area (Å²) in [5.74, 6) is 0. The number of benzene rings is 11. The lowest BCUT2D eigenvalue weighted by molar-refractivity contribution is 0.588. The van der Waals surface area contributed by atoms with Gasteiger partial charge in [0.1, 0.15) is 0 Å². The lowest BCUT2D eigenvalue weighted by Gasteiger charge is -2.35. The topological polar surface area (TPSA) is 3.24 Å². The van der Waals surface area contributed by atoms with Gasteiger partial charge in [0.05, 0.1) is 11.1 Å². The monoisotopic (exact) mass is 1060 g/mol. The summed E-state index contributed by atoms with van der Waals surface area (Å²) in [6, 6.07) is 95.9. The molecule has 4 aliphatic rings. The van der Waals surface area contributed by atoms with Gasteiger partial charge in [0.2, 0.25) is 0 Å². The van der Waals surface area contributed by atoms with E-state index in [1.54, 1.807) is 0 Å². The standard InChI is InChI=1S/C81H69N/c1-77(2,3)54-37-41-56(42-38-54)81(57-43-39-55(40-44-57)78(4,5)6)71-32-18-14-26-67(71)75-72(81)33-20-34-74(75)82(59-47-48-64-62-24-13-17-31-70(62)80(73(64)51-59)50-49-53-21-9-15-29-68(53)80)58-45-35-52(36-46-58)60-22-10-11-23-61(60)65-27-19-28-66-63-25-12-16-30-69(63)79(7,8)76(65)66/h9-48,51H,49-50H2,1-8H3. The third-order valence-electron chi connectivity index (χ3n) is 19.5. The molecule has 4 aliphatic carbocycles. The van der Waals surface area contributed by atoms with E-state index in [-0.39, 0.29) is 21.7 Å². The van der Waals surface area contributed by atoms with Crippen LogP contribution < -0.4 is 4.90 Å². The number of rotatable bonds is 7. The number of hydrogen-bond donors (Lipinski definition) is 0. The minimum absolute atomic E-state index is 0.0122. The molecule has 0 amide bonds. The molecule has 1 heteroatoms. The van der Waals surface area contributed by atoms with Crippen molar-refractivity contribution in [3.05, 3.63) is 315 Å². The summed E-state index contributed by atoms with van der Waals surface area (Å²) in [7, 11) is 0. The van der Waals surface area contributed by atoms with Crippen LogP contribution in [-0.4, -0.2) is 0 Å². The van der Waals surface area contributed by atoms with Crippen LogP contribution in [0, 0.1) is 0 Å². The molecule has 0 fully saturated rings. The number of anilines is 3. The molecule has 11 aromatic carbocycles. The summed E-state index contributed by atoms with van der Waals surface area (Å²) >= 11 is 0. The lowest BCUT2D eigenvalue weighted by atomic mass is 9.67. The van der Waals surface area contributed by atoms with Gasteiger partial charge in [0, 0.05) is 27.8 Å². The molecule has 398 valence electrons. The molecular weight excluding hydrogens is 987 g/mol. The van der Waals surface area contributed by atoms with Gasteiger partial charge in [0.15, 0.2) is 0 Å². The fourth-order valence-electron chi connectivity index (χ4n) is 15.6. The van der Waals surface area contributed by atoms with Crippen LogP contribution >= 0.6 is 0 Å². The average molecular weight is 1060 g/mol. The third kappa shape index (κ3) is 7.18. The fraction of sp³-hybridized carbons (Fsp3) is 0.185. The van der Waals surface area contributed by atoms with Gasteiger partial charge >= 0.3 is 0 Å². The fourth-order valence-corrected chi connectivity index (χ4v) is 15.6. The lowest BCUT2D eigenvalue weighted by Crippen LogP contribution is -2.29. The summed E-state index contributed by atoms with van der Waals surface area (Å²) in [5.41, 5.74) is 31.6. The molecule has 0 aromatic heterocycles. The predicted octanol–water partition coefficient (Wildman–Crippen LogP) is 21.0. The van der Waals surface area contributed by atoms with Crippen molar-refractivity contribution in [1.82, 2.24) is 0 Å². The first-order valence-corrected chi connectivity index (χ1v) is 29.7. The van der Waals surface area contributed by atoms with Crippen LogP contribution in [0.2, 0.25) is 0 Å². The summed E-state index contributed by atoms with van der Waals surface area (Å²) in [5, 5.41) is 0. The molecule has 15 rings (SSSR count). The van der Waals surface area contributed by atoms with Crippen LogP contribution in [-0.2, 0) is 33.5 Å². The van der Waals surface area contributed by atoms with Crippen LogP contribution in [0.5, 0.6) is 0 Å². The highest BCUT2D eigenvalue weighted by Crippen LogP contribution is 2.63. The highest BCUT2D eigenvalue weighted by Gasteiger charge is 2.50. The molecule has 1 atom stereocenters. The molecule has 1 unspecified atom stereocenters. The summed E-state index contributed by atoms with van der Waals surface area (Å²) in [6.07, 6.45) is 2.09. The molecule has 0 heterocycles. The zero-order valence-electron chi connectivity index (χ0n) is 48.5. The molecule has 0 bridgehead atoms. The average Bonchev–Trinajstić information content (AvgIpc) is 4.01. The van der Waals surface area contributed by atoms with Crippen molar-refractivity contribution in [3.63, 3.8) is 0 Å². The van der Waals surface area contributed by atoms with E-state index in [9.17, 15) is 0 Å². The zero-order valence-corrected chi connectivity index (χ0v) is 48.5. The number of hydrogen-bond acceptors (Lipinski definition) is 1. The Morgan fingerprint density at radius 3 is 1.48 bits per heavy atom. The Morgan fingerprint density at radius 1 is 0.354 bits per heavy atom. The van der Waals surface area contributed by atoms with Crippen molar-refractivity contribution in [1.29, 1.82) is 0 Å². The maximum absolute atomic E-state index is 2.59. The highest BCUT2D eigenvalue weighted by molar-refractivity contribution is 5.99. The Morgan fingerprint density at radius 2 is 0.829 bits per heavy atom. The van der Waals surface area contributed by atoms with E-state index in [0.717, 1.165) is 29.9 Å². The summed E-state index contributed by atoms with van der Waals surface area (Å²) in [6.45, 7) is 18.7. The largest absolute Gasteiger partial charge is 0.310 e. The normalized spacial score (nSPS) is 16.4. The Kier molecular flexibility index (Phi) is 11.1. The van der Waals surface area contributed by atoms with E-state index in [4.69, 9.17) is 0 Å². The van der Waals surface area contributed by atoms with Crippen LogP contribution in [0.25, 0.3) is 55.6 Å². The van der Waals surface area contributed by atoms with E-state index in [0.29, 0.717) is 0 Å². The van der Waals surface area contributed by atoms with Gasteiger partial charge in [-0.3, -0.25) is 0 Å². The van der Waals surface area contributed by atoms with Crippen LogP contribution in [0.3, 0.4) is 0 Å². The molecule has 1 spiro atoms. The van der Waals surface area contributed by atoms with Crippen LogP contribution in [0.1, 0.15) is 129 Å². The Balaban J connectivity index is 0.958. The third-order valence-corrected chi connectivity index (χ3v) is 19.5. The van der Waals surface area contributed by atoms with Gasteiger partial charge in [-0.05, 0) is 171 Å². The van der Waals surface area contributed by atoms with Crippen molar-refractivity contribution in [3.8, 4) is 55.6 Å². The van der Waals surface area contributed by atoms with Gasteiger partial charge < -0.3 is 4.90 Å². The minimum Gasteiger partial charge on any atom is -0.310 e. The molecule has 0 saturated carbocycles. The van der Waals surface area contributed by atoms with E-state index >= 15 is 0 Å². The van der Waals surface area contributed by atoms with E-state index in [1.165, 1.54) is 122 Å². The van der Waals surface area contributed by atoms with Gasteiger partial charge in [-0.2, -0.15) is 0 Å². The molecule has 0 radical (unpaired) electrons. The first-order valence-electron chi connectivity index (χ1n) is 29.7. The smallest absolute Gasteiger partial charge is 0.0714 e. The number of aryl methyl sites for hydroxylation is 1. The second-order valence-corrected chi connectivity index (χ2v) is 26.3. The van der Waals surface area contributed by atoms with Gasteiger partial charge in [0.25, 0.3) is 0 Å². The maximum atomic E-state index is 2.59. The molecule has 11 aromatic rings. The molecule has 1 nitrogen and oxygen atoms in total. The maximum Gasteiger partial charge on any atom is 0.0714 e. The van der Waals surface area contributed by atoms with Crippen molar-refractivity contribution in [2.24, 2.45) is 0 Å². The first kappa shape index (κ1) is 50.2. The molecule has 82 heavy (non-hydrogen) atoms. The van der Waals surface area contributed by atoms with Crippen LogP contribution in [0.15, 0.2) is 249 Å². The second kappa shape index (κ2) is 18.1. The van der Waals surface area contributed by atoms with Crippen molar-refractivity contribution < 1.29 is 0 Å². The van der Waals surface area contributed by atoms with Gasteiger partial charge in [-0.1, -0.05) is 274 Å². The molecule has 0 N–H and O–H groups in total. The predicted molar refractivity (Wildman–Crippen MR) is 344 cm³/mol. The van der Waals surface area contributed by atoms with Crippen LogP contribution in [0.4, 0.5) is 17.1 Å². The second-order valence-electron chi connectivity index (χ2n) is 26.3. The zero-order chi connectivity index (χ0) is 55.9. The number of nitrogens with zero attached hydrogens (tertiary/aromatic N) is 1. The SMILES string of the molecule is CC(C)(C)c1ccc(C2(c3ccc(C(C)(C)C)cc3)c3ccccc3-c3c(N(c4ccc(-c5ccccc5-c5cccc6c5C(C)(C)c5ccccc5-6)cc4)c4ccc5c(c4)C4(CCc6ccccc64)c4ccccc4-5)cccc32)cc1. The van der Waals surface area contributed by atoms with E-state index in [2.05, 4.69) is 309 Å². The molecule has 0 saturated heterocycles. The van der Waals surface area contributed by atoms with E-state index < -0.39 is 5.41 Å². The first-order chi connectivity index (χ1) is 39.7. The Bertz CT molecular complexity index is 4310.